The number of nitrogens with zero attached hydrogens (tertiary/aromatic N) is 1. The van der Waals surface area contributed by atoms with Crippen LogP contribution in [0.3, 0.4) is 0 Å². The molecular formula is C16H22N2O3. The minimum absolute atomic E-state index is 0.187. The van der Waals surface area contributed by atoms with Crippen LogP contribution < -0.4 is 5.32 Å². The van der Waals surface area contributed by atoms with E-state index in [1.165, 1.54) is 10.5 Å². The Morgan fingerprint density at radius 1 is 1.24 bits per heavy atom. The van der Waals surface area contributed by atoms with Crippen LogP contribution >= 0.6 is 0 Å². The zero-order valence-electron chi connectivity index (χ0n) is 12.6. The average molecular weight is 290 g/mol. The number of hydrogen-bond acceptors (Lipinski definition) is 3. The molecule has 5 nitrogen and oxygen atoms in total. The van der Waals surface area contributed by atoms with Gasteiger partial charge in [0.25, 0.3) is 0 Å². The first kappa shape index (κ1) is 15.5. The van der Waals surface area contributed by atoms with E-state index in [2.05, 4.69) is 12.2 Å². The van der Waals surface area contributed by atoms with E-state index in [4.69, 9.17) is 4.74 Å². The molecule has 114 valence electrons. The molecule has 1 aliphatic rings. The van der Waals surface area contributed by atoms with Crippen molar-refractivity contribution in [3.8, 4) is 0 Å². The maximum absolute atomic E-state index is 12.0. The van der Waals surface area contributed by atoms with Crippen molar-refractivity contribution in [3.05, 3.63) is 35.4 Å². The summed E-state index contributed by atoms with van der Waals surface area (Å²) < 4.78 is 5.18. The fourth-order valence-electron chi connectivity index (χ4n) is 2.29. The molecule has 1 aliphatic heterocycles. The number of ether oxygens (including phenoxy) is 1. The molecule has 1 saturated heterocycles. The fourth-order valence-corrected chi connectivity index (χ4v) is 2.29. The number of amides is 2. The lowest BCUT2D eigenvalue weighted by Crippen LogP contribution is -2.48. The van der Waals surface area contributed by atoms with Crippen molar-refractivity contribution >= 4 is 11.8 Å². The SMILES string of the molecule is CCc1ccc(C(C)NC(=O)C(=O)N2CCOCC2)cc1. The molecule has 1 unspecified atom stereocenters. The third kappa shape index (κ3) is 4.04. The van der Waals surface area contributed by atoms with Crippen molar-refractivity contribution in [1.82, 2.24) is 10.2 Å². The van der Waals surface area contributed by atoms with Crippen molar-refractivity contribution in [2.24, 2.45) is 0 Å². The molecule has 1 heterocycles. The molecule has 2 amide bonds. The van der Waals surface area contributed by atoms with Crippen LogP contribution in [0.4, 0.5) is 0 Å². The predicted molar refractivity (Wildman–Crippen MR) is 79.8 cm³/mol. The number of carbonyl (C=O) groups is 2. The summed E-state index contributed by atoms with van der Waals surface area (Å²) in [5, 5.41) is 2.76. The van der Waals surface area contributed by atoms with Crippen molar-refractivity contribution in [1.29, 1.82) is 0 Å². The Bertz CT molecular complexity index is 493. The number of nitrogens with one attached hydrogen (secondary N) is 1. The quantitative estimate of drug-likeness (QED) is 0.853. The number of morpholine rings is 1. The molecule has 1 atom stereocenters. The first-order chi connectivity index (χ1) is 10.1. The number of hydrogen-bond donors (Lipinski definition) is 1. The van der Waals surface area contributed by atoms with Crippen molar-refractivity contribution in [2.75, 3.05) is 26.3 Å². The molecule has 0 saturated carbocycles. The Morgan fingerprint density at radius 2 is 1.86 bits per heavy atom. The van der Waals surface area contributed by atoms with Crippen LogP contribution in [0.5, 0.6) is 0 Å². The number of benzene rings is 1. The maximum Gasteiger partial charge on any atom is 0.312 e. The molecule has 0 radical (unpaired) electrons. The second-order valence-electron chi connectivity index (χ2n) is 5.19. The van der Waals surface area contributed by atoms with Gasteiger partial charge in [0.05, 0.1) is 19.3 Å². The molecular weight excluding hydrogens is 268 g/mol. The van der Waals surface area contributed by atoms with Gasteiger partial charge in [-0.3, -0.25) is 9.59 Å². The zero-order valence-corrected chi connectivity index (χ0v) is 12.6. The first-order valence-corrected chi connectivity index (χ1v) is 7.38. The minimum Gasteiger partial charge on any atom is -0.378 e. The summed E-state index contributed by atoms with van der Waals surface area (Å²) in [6.07, 6.45) is 0.983. The third-order valence-electron chi connectivity index (χ3n) is 3.73. The Morgan fingerprint density at radius 3 is 2.43 bits per heavy atom. The van der Waals surface area contributed by atoms with Gasteiger partial charge >= 0.3 is 11.8 Å². The lowest BCUT2D eigenvalue weighted by atomic mass is 10.0. The third-order valence-corrected chi connectivity index (χ3v) is 3.73. The highest BCUT2D eigenvalue weighted by molar-refractivity contribution is 6.35. The van der Waals surface area contributed by atoms with Crippen LogP contribution in [0.2, 0.25) is 0 Å². The summed E-state index contributed by atoms with van der Waals surface area (Å²) in [4.78, 5) is 25.6. The first-order valence-electron chi connectivity index (χ1n) is 7.38. The standard InChI is InChI=1S/C16H22N2O3/c1-3-13-4-6-14(7-5-13)12(2)17-15(19)16(20)18-8-10-21-11-9-18/h4-7,12H,3,8-11H2,1-2H3,(H,17,19). The molecule has 1 aromatic rings. The number of carbonyl (C=O) groups excluding carboxylic acids is 2. The van der Waals surface area contributed by atoms with Gasteiger partial charge in [0, 0.05) is 13.1 Å². The van der Waals surface area contributed by atoms with Crippen LogP contribution in [0.25, 0.3) is 0 Å². The van der Waals surface area contributed by atoms with Crippen molar-refractivity contribution in [3.63, 3.8) is 0 Å². The number of aryl methyl sites for hydroxylation is 1. The smallest absolute Gasteiger partial charge is 0.312 e. The normalized spacial score (nSPS) is 16.4. The van der Waals surface area contributed by atoms with Crippen LogP contribution in [-0.2, 0) is 20.7 Å². The Hall–Kier alpha value is -1.88. The van der Waals surface area contributed by atoms with Gasteiger partial charge in [-0.05, 0) is 24.5 Å². The van der Waals surface area contributed by atoms with E-state index in [1.807, 2.05) is 31.2 Å². The fraction of sp³-hybridized carbons (Fsp3) is 0.500. The zero-order chi connectivity index (χ0) is 15.2. The van der Waals surface area contributed by atoms with E-state index in [1.54, 1.807) is 0 Å². The minimum atomic E-state index is -0.552. The molecule has 0 aromatic heterocycles. The molecule has 1 aromatic carbocycles. The van der Waals surface area contributed by atoms with Crippen molar-refractivity contribution < 1.29 is 14.3 Å². The topological polar surface area (TPSA) is 58.6 Å². The van der Waals surface area contributed by atoms with Gasteiger partial charge in [0.15, 0.2) is 0 Å². The molecule has 5 heteroatoms. The van der Waals surface area contributed by atoms with E-state index < -0.39 is 11.8 Å². The highest BCUT2D eigenvalue weighted by Gasteiger charge is 2.24. The second-order valence-corrected chi connectivity index (χ2v) is 5.19. The molecule has 0 spiro atoms. The maximum atomic E-state index is 12.0. The Labute approximate surface area is 125 Å². The molecule has 21 heavy (non-hydrogen) atoms. The Kier molecular flexibility index (Phi) is 5.33. The van der Waals surface area contributed by atoms with E-state index in [9.17, 15) is 9.59 Å². The van der Waals surface area contributed by atoms with E-state index in [0.29, 0.717) is 26.3 Å². The predicted octanol–water partition coefficient (Wildman–Crippen LogP) is 1.28. The molecule has 2 rings (SSSR count). The highest BCUT2D eigenvalue weighted by atomic mass is 16.5. The lowest BCUT2D eigenvalue weighted by molar-refractivity contribution is -0.148. The summed E-state index contributed by atoms with van der Waals surface area (Å²) in [7, 11) is 0. The summed E-state index contributed by atoms with van der Waals surface area (Å²) in [5.74, 6) is -1.03. The average Bonchev–Trinajstić information content (AvgIpc) is 2.55. The van der Waals surface area contributed by atoms with Crippen LogP contribution in [0.15, 0.2) is 24.3 Å². The van der Waals surface area contributed by atoms with Gasteiger partial charge in [-0.2, -0.15) is 0 Å². The van der Waals surface area contributed by atoms with Gasteiger partial charge in [0.1, 0.15) is 0 Å². The van der Waals surface area contributed by atoms with Crippen LogP contribution in [0, 0.1) is 0 Å². The summed E-state index contributed by atoms with van der Waals surface area (Å²) in [6, 6.07) is 7.88. The highest BCUT2D eigenvalue weighted by Crippen LogP contribution is 2.14. The summed E-state index contributed by atoms with van der Waals surface area (Å²) >= 11 is 0. The Balaban J connectivity index is 1.92. The van der Waals surface area contributed by atoms with Gasteiger partial charge in [-0.1, -0.05) is 31.2 Å². The van der Waals surface area contributed by atoms with Gasteiger partial charge in [-0.15, -0.1) is 0 Å². The lowest BCUT2D eigenvalue weighted by Gasteiger charge is -2.26. The van der Waals surface area contributed by atoms with Crippen LogP contribution in [-0.4, -0.2) is 43.0 Å². The molecule has 1 fully saturated rings. The largest absolute Gasteiger partial charge is 0.378 e. The van der Waals surface area contributed by atoms with Crippen molar-refractivity contribution in [2.45, 2.75) is 26.3 Å². The molecule has 1 N–H and O–H groups in total. The van der Waals surface area contributed by atoms with Gasteiger partial charge in [0.2, 0.25) is 0 Å². The monoisotopic (exact) mass is 290 g/mol. The van der Waals surface area contributed by atoms with Crippen LogP contribution in [0.1, 0.15) is 31.0 Å². The van der Waals surface area contributed by atoms with E-state index in [0.717, 1.165) is 12.0 Å². The number of rotatable bonds is 3. The summed E-state index contributed by atoms with van der Waals surface area (Å²) in [6.45, 7) is 5.92. The van der Waals surface area contributed by atoms with Gasteiger partial charge < -0.3 is 15.0 Å². The van der Waals surface area contributed by atoms with E-state index >= 15 is 0 Å². The molecule has 0 aliphatic carbocycles. The molecule has 0 bridgehead atoms. The van der Waals surface area contributed by atoms with Gasteiger partial charge in [-0.25, -0.2) is 0 Å². The van der Waals surface area contributed by atoms with E-state index in [-0.39, 0.29) is 6.04 Å². The summed E-state index contributed by atoms with van der Waals surface area (Å²) in [5.41, 5.74) is 2.25. The second kappa shape index (κ2) is 7.22.